The molecule has 1 aliphatic carbocycles. The molecule has 0 aliphatic heterocycles. The van der Waals surface area contributed by atoms with Crippen molar-refractivity contribution < 1.29 is 0 Å². The van der Waals surface area contributed by atoms with Crippen molar-refractivity contribution in [3.05, 3.63) is 87.3 Å². The van der Waals surface area contributed by atoms with Crippen LogP contribution < -0.4 is 10.3 Å². The number of benzene rings is 2. The second-order valence-corrected chi connectivity index (χ2v) is 9.08. The minimum Gasteiger partial charge on any atom is -0.267 e. The van der Waals surface area contributed by atoms with Crippen LogP contribution in [0.4, 0.5) is 0 Å². The summed E-state index contributed by atoms with van der Waals surface area (Å²) >= 11 is 1.74. The Morgan fingerprint density at radius 2 is 1.90 bits per heavy atom. The van der Waals surface area contributed by atoms with Crippen LogP contribution in [0.5, 0.6) is 0 Å². The molecule has 4 nitrogen and oxygen atoms in total. The smallest absolute Gasteiger partial charge is 0.267 e. The lowest BCUT2D eigenvalue weighted by molar-refractivity contribution is 0.431. The molecule has 3 aromatic rings. The number of hydrogen-bond donors (Lipinski definition) is 1. The van der Waals surface area contributed by atoms with E-state index in [9.17, 15) is 4.79 Å². The summed E-state index contributed by atoms with van der Waals surface area (Å²) in [5.74, 6) is 1.15. The Morgan fingerprint density at radius 3 is 2.67 bits per heavy atom. The number of aromatic nitrogens is 2. The van der Waals surface area contributed by atoms with Gasteiger partial charge in [-0.3, -0.25) is 9.52 Å². The van der Waals surface area contributed by atoms with Crippen LogP contribution >= 0.6 is 11.9 Å². The molecular weight excluding hydrogens is 390 g/mol. The van der Waals surface area contributed by atoms with Gasteiger partial charge in [0.15, 0.2) is 0 Å². The van der Waals surface area contributed by atoms with Crippen LogP contribution in [0.2, 0.25) is 0 Å². The summed E-state index contributed by atoms with van der Waals surface area (Å²) in [6, 6.07) is 19.5. The molecule has 0 spiro atoms. The fraction of sp³-hybridized carbons (Fsp3) is 0.360. The van der Waals surface area contributed by atoms with E-state index in [1.165, 1.54) is 21.4 Å². The normalized spacial score (nSPS) is 18.2. The summed E-state index contributed by atoms with van der Waals surface area (Å²) in [7, 11) is 1.76. The molecule has 2 aromatic carbocycles. The van der Waals surface area contributed by atoms with E-state index in [0.717, 1.165) is 41.8 Å². The average Bonchev–Trinajstić information content (AvgIpc) is 2.77. The topological polar surface area (TPSA) is 46.9 Å². The Bertz CT molecular complexity index is 1080. The maximum absolute atomic E-state index is 13.1. The van der Waals surface area contributed by atoms with Crippen molar-refractivity contribution in [1.29, 1.82) is 0 Å². The molecule has 0 fully saturated rings. The lowest BCUT2D eigenvalue weighted by Crippen LogP contribution is -2.42. The van der Waals surface area contributed by atoms with Crippen molar-refractivity contribution in [2.75, 3.05) is 5.75 Å². The zero-order valence-corrected chi connectivity index (χ0v) is 18.7. The molecule has 1 aromatic heterocycles. The molecule has 156 valence electrons. The predicted octanol–water partition coefficient (Wildman–Crippen LogP) is 4.65. The third-order valence-electron chi connectivity index (χ3n) is 6.02. The molecule has 2 unspecified atom stereocenters. The second-order valence-electron chi connectivity index (χ2n) is 7.98. The lowest BCUT2D eigenvalue weighted by atomic mass is 9.76. The van der Waals surface area contributed by atoms with Gasteiger partial charge >= 0.3 is 0 Å². The Labute approximate surface area is 182 Å². The first-order chi connectivity index (χ1) is 14.6. The van der Waals surface area contributed by atoms with Gasteiger partial charge in [-0.25, -0.2) is 4.68 Å². The second kappa shape index (κ2) is 9.19. The number of aryl methyl sites for hydroxylation is 2. The van der Waals surface area contributed by atoms with E-state index in [-0.39, 0.29) is 17.5 Å². The van der Waals surface area contributed by atoms with Gasteiger partial charge < -0.3 is 0 Å². The molecule has 1 N–H and O–H groups in total. The third-order valence-corrected chi connectivity index (χ3v) is 6.77. The van der Waals surface area contributed by atoms with Gasteiger partial charge in [0.2, 0.25) is 0 Å². The summed E-state index contributed by atoms with van der Waals surface area (Å²) in [6.45, 7) is 4.18. The van der Waals surface area contributed by atoms with E-state index < -0.39 is 0 Å². The van der Waals surface area contributed by atoms with Crippen molar-refractivity contribution >= 4 is 11.9 Å². The first-order valence-electron chi connectivity index (χ1n) is 10.7. The zero-order chi connectivity index (χ0) is 21.1. The van der Waals surface area contributed by atoms with E-state index in [2.05, 4.69) is 65.3 Å². The maximum atomic E-state index is 13.1. The summed E-state index contributed by atoms with van der Waals surface area (Å²) in [5.41, 5.74) is 6.84. The molecule has 1 aliphatic rings. The molecular formula is C25H29N3OS. The summed E-state index contributed by atoms with van der Waals surface area (Å²) in [6.07, 6.45) is 2.78. The summed E-state index contributed by atoms with van der Waals surface area (Å²) < 4.78 is 5.15. The van der Waals surface area contributed by atoms with Gasteiger partial charge in [0.1, 0.15) is 0 Å². The predicted molar refractivity (Wildman–Crippen MR) is 126 cm³/mol. The minimum absolute atomic E-state index is 0.0489. The highest BCUT2D eigenvalue weighted by Crippen LogP contribution is 2.35. The number of nitrogens with one attached hydrogen (secondary N) is 1. The molecule has 0 amide bonds. The van der Waals surface area contributed by atoms with Crippen LogP contribution in [-0.4, -0.2) is 21.6 Å². The highest BCUT2D eigenvalue weighted by atomic mass is 32.2. The Kier molecular flexibility index (Phi) is 6.40. The van der Waals surface area contributed by atoms with Crippen LogP contribution in [0.15, 0.2) is 59.4 Å². The number of rotatable bonds is 6. The van der Waals surface area contributed by atoms with Crippen molar-refractivity contribution in [1.82, 2.24) is 14.5 Å². The largest absolute Gasteiger partial charge is 0.270 e. The van der Waals surface area contributed by atoms with E-state index in [4.69, 9.17) is 0 Å². The Morgan fingerprint density at radius 1 is 1.13 bits per heavy atom. The van der Waals surface area contributed by atoms with Crippen molar-refractivity contribution in [2.24, 2.45) is 7.05 Å². The van der Waals surface area contributed by atoms with E-state index >= 15 is 0 Å². The van der Waals surface area contributed by atoms with Crippen LogP contribution in [-0.2, 0) is 19.9 Å². The van der Waals surface area contributed by atoms with E-state index in [0.29, 0.717) is 0 Å². The van der Waals surface area contributed by atoms with Crippen LogP contribution in [0.1, 0.15) is 41.6 Å². The van der Waals surface area contributed by atoms with Crippen molar-refractivity contribution in [3.8, 4) is 11.1 Å². The number of nitrogens with zero attached hydrogens (tertiary/aromatic N) is 2. The fourth-order valence-corrected chi connectivity index (χ4v) is 5.23. The maximum Gasteiger partial charge on any atom is 0.270 e. The van der Waals surface area contributed by atoms with Crippen LogP contribution in [0, 0.1) is 6.92 Å². The zero-order valence-electron chi connectivity index (χ0n) is 17.9. The molecule has 0 saturated heterocycles. The third kappa shape index (κ3) is 4.23. The van der Waals surface area contributed by atoms with Crippen molar-refractivity contribution in [3.63, 3.8) is 0 Å². The molecule has 0 radical (unpaired) electrons. The van der Waals surface area contributed by atoms with Crippen molar-refractivity contribution in [2.45, 2.75) is 45.1 Å². The first-order valence-corrected chi connectivity index (χ1v) is 11.7. The van der Waals surface area contributed by atoms with Gasteiger partial charge in [-0.15, -0.1) is 0 Å². The van der Waals surface area contributed by atoms with Gasteiger partial charge in [-0.1, -0.05) is 73.5 Å². The summed E-state index contributed by atoms with van der Waals surface area (Å²) in [5, 5.41) is 4.45. The minimum atomic E-state index is 0.0489. The monoisotopic (exact) mass is 419 g/mol. The van der Waals surface area contributed by atoms with Gasteiger partial charge in [0, 0.05) is 30.3 Å². The standard InChI is InChI=1S/C25H29N3OS/c1-4-30-27-23-14-13-21-17(2)26-28(3)25(29)24(21)22(23)16-18-9-8-12-20(15-18)19-10-6-5-7-11-19/h5-12,15,22-23,27H,4,13-14,16H2,1-3H3. The number of hydrogen-bond acceptors (Lipinski definition) is 4. The lowest BCUT2D eigenvalue weighted by Gasteiger charge is -2.34. The van der Waals surface area contributed by atoms with Gasteiger partial charge in [-0.2, -0.15) is 5.10 Å². The highest BCUT2D eigenvalue weighted by molar-refractivity contribution is 7.97. The molecule has 1 heterocycles. The SMILES string of the molecule is CCSNC1CCc2c(C)nn(C)c(=O)c2C1Cc1cccc(-c2ccccc2)c1. The average molecular weight is 420 g/mol. The molecule has 4 rings (SSSR count). The first kappa shape index (κ1) is 20.9. The van der Waals surface area contributed by atoms with Gasteiger partial charge in [0.05, 0.1) is 5.69 Å². The fourth-order valence-electron chi connectivity index (χ4n) is 4.57. The Balaban J connectivity index is 1.73. The van der Waals surface area contributed by atoms with Crippen LogP contribution in [0.3, 0.4) is 0 Å². The Hall–Kier alpha value is -2.37. The van der Waals surface area contributed by atoms with E-state index in [1.54, 1.807) is 19.0 Å². The number of fused-ring (bicyclic) bond motifs is 1. The highest BCUT2D eigenvalue weighted by Gasteiger charge is 2.33. The molecule has 0 saturated carbocycles. The molecule has 0 bridgehead atoms. The summed E-state index contributed by atoms with van der Waals surface area (Å²) in [4.78, 5) is 13.1. The van der Waals surface area contributed by atoms with Gasteiger partial charge in [-0.05, 0) is 48.4 Å². The molecule has 30 heavy (non-hydrogen) atoms. The van der Waals surface area contributed by atoms with Gasteiger partial charge in [0.25, 0.3) is 5.56 Å². The quantitative estimate of drug-likeness (QED) is 0.591. The molecule has 5 heteroatoms. The molecule has 2 atom stereocenters. The van der Waals surface area contributed by atoms with E-state index in [1.807, 2.05) is 13.0 Å². The van der Waals surface area contributed by atoms with Crippen LogP contribution in [0.25, 0.3) is 11.1 Å².